The van der Waals surface area contributed by atoms with Gasteiger partial charge < -0.3 is 14.2 Å². The number of ether oxygens (including phenoxy) is 3. The zero-order valence-corrected chi connectivity index (χ0v) is 10.1. The van der Waals surface area contributed by atoms with Crippen LogP contribution in [0.2, 0.25) is 0 Å². The molecule has 2 rings (SSSR count). The third kappa shape index (κ3) is 3.58. The van der Waals surface area contributed by atoms with Crippen LogP contribution in [0.25, 0.3) is 0 Å². The van der Waals surface area contributed by atoms with Crippen molar-refractivity contribution in [3.63, 3.8) is 0 Å². The van der Waals surface area contributed by atoms with E-state index in [-0.39, 0.29) is 12.4 Å². The Morgan fingerprint density at radius 2 is 1.81 bits per heavy atom. The first-order valence-corrected chi connectivity index (χ1v) is 6.36. The van der Waals surface area contributed by atoms with E-state index in [1.165, 1.54) is 19.3 Å². The number of hydrogen-bond acceptors (Lipinski definition) is 3. The van der Waals surface area contributed by atoms with Crippen molar-refractivity contribution in [2.45, 2.75) is 57.0 Å². The van der Waals surface area contributed by atoms with Crippen molar-refractivity contribution in [3.05, 3.63) is 12.2 Å². The van der Waals surface area contributed by atoms with E-state index >= 15 is 0 Å². The van der Waals surface area contributed by atoms with Crippen LogP contribution in [-0.4, -0.2) is 32.2 Å². The Morgan fingerprint density at radius 1 is 1.00 bits per heavy atom. The van der Waals surface area contributed by atoms with Gasteiger partial charge in [0, 0.05) is 13.7 Å². The van der Waals surface area contributed by atoms with Crippen LogP contribution in [0, 0.1) is 0 Å². The van der Waals surface area contributed by atoms with E-state index in [2.05, 4.69) is 12.2 Å². The molecular formula is C13H22O3. The number of rotatable bonds is 3. The molecule has 2 saturated heterocycles. The third-order valence-electron chi connectivity index (χ3n) is 3.27. The van der Waals surface area contributed by atoms with Gasteiger partial charge in [-0.2, -0.15) is 0 Å². The van der Waals surface area contributed by atoms with Crippen LogP contribution in [-0.2, 0) is 14.2 Å². The molecule has 3 atom stereocenters. The Labute approximate surface area is 97.8 Å². The molecule has 0 aromatic heterocycles. The van der Waals surface area contributed by atoms with Crippen LogP contribution in [0.4, 0.5) is 0 Å². The molecule has 2 aliphatic heterocycles. The van der Waals surface area contributed by atoms with Gasteiger partial charge in [0.2, 0.25) is 0 Å². The fraction of sp³-hybridized carbons (Fsp3) is 0.846. The van der Waals surface area contributed by atoms with E-state index in [0.717, 1.165) is 25.9 Å². The number of methoxy groups -OCH3 is 1. The van der Waals surface area contributed by atoms with Gasteiger partial charge >= 0.3 is 0 Å². The highest BCUT2D eigenvalue weighted by Crippen LogP contribution is 2.21. The lowest BCUT2D eigenvalue weighted by molar-refractivity contribution is -0.167. The lowest BCUT2D eigenvalue weighted by Crippen LogP contribution is -2.28. The monoisotopic (exact) mass is 226 g/mol. The van der Waals surface area contributed by atoms with Gasteiger partial charge in [-0.1, -0.05) is 12.2 Å². The highest BCUT2D eigenvalue weighted by molar-refractivity contribution is 4.96. The zero-order valence-electron chi connectivity index (χ0n) is 10.1. The SMILES string of the molecule is CO[C@@H]1CCC[C@@H](C=CC2CCCCO2)O1. The minimum atomic E-state index is -0.0179. The highest BCUT2D eigenvalue weighted by Gasteiger charge is 2.20. The average Bonchev–Trinajstić information content (AvgIpc) is 2.38. The predicted molar refractivity (Wildman–Crippen MR) is 62.3 cm³/mol. The molecule has 0 bridgehead atoms. The first-order chi connectivity index (χ1) is 7.88. The maximum absolute atomic E-state index is 5.76. The Hall–Kier alpha value is -0.380. The van der Waals surface area contributed by atoms with E-state index in [1.807, 2.05) is 0 Å². The summed E-state index contributed by atoms with van der Waals surface area (Å²) in [4.78, 5) is 0. The first kappa shape index (κ1) is 12.1. The molecule has 2 fully saturated rings. The molecule has 3 heteroatoms. The van der Waals surface area contributed by atoms with Crippen molar-refractivity contribution >= 4 is 0 Å². The second-order valence-electron chi connectivity index (χ2n) is 4.56. The fourth-order valence-corrected chi connectivity index (χ4v) is 2.30. The van der Waals surface area contributed by atoms with Crippen LogP contribution < -0.4 is 0 Å². The molecule has 0 radical (unpaired) electrons. The molecule has 3 nitrogen and oxygen atoms in total. The maximum atomic E-state index is 5.76. The Balaban J connectivity index is 1.76. The Morgan fingerprint density at radius 3 is 2.56 bits per heavy atom. The van der Waals surface area contributed by atoms with Crippen LogP contribution in [0.5, 0.6) is 0 Å². The van der Waals surface area contributed by atoms with Crippen molar-refractivity contribution in [1.82, 2.24) is 0 Å². The molecule has 0 aliphatic carbocycles. The minimum Gasteiger partial charge on any atom is -0.374 e. The largest absolute Gasteiger partial charge is 0.374 e. The summed E-state index contributed by atoms with van der Waals surface area (Å²) in [6.45, 7) is 0.904. The highest BCUT2D eigenvalue weighted by atomic mass is 16.7. The molecule has 0 saturated carbocycles. The summed E-state index contributed by atoms with van der Waals surface area (Å²) in [5.41, 5.74) is 0. The van der Waals surface area contributed by atoms with Gasteiger partial charge in [-0.3, -0.25) is 0 Å². The van der Waals surface area contributed by atoms with Crippen LogP contribution in [0.15, 0.2) is 12.2 Å². The van der Waals surface area contributed by atoms with E-state index in [0.29, 0.717) is 6.10 Å². The van der Waals surface area contributed by atoms with Crippen LogP contribution in [0.3, 0.4) is 0 Å². The van der Waals surface area contributed by atoms with Gasteiger partial charge in [0.1, 0.15) is 0 Å². The first-order valence-electron chi connectivity index (χ1n) is 6.36. The lowest BCUT2D eigenvalue weighted by atomic mass is 10.0. The van der Waals surface area contributed by atoms with Gasteiger partial charge in [0.05, 0.1) is 12.2 Å². The van der Waals surface area contributed by atoms with Gasteiger partial charge in [0.25, 0.3) is 0 Å². The molecule has 92 valence electrons. The summed E-state index contributed by atoms with van der Waals surface area (Å²) in [5, 5.41) is 0. The molecule has 16 heavy (non-hydrogen) atoms. The van der Waals surface area contributed by atoms with Crippen LogP contribution in [0.1, 0.15) is 38.5 Å². The van der Waals surface area contributed by atoms with E-state index in [9.17, 15) is 0 Å². The molecule has 0 aromatic carbocycles. The van der Waals surface area contributed by atoms with Gasteiger partial charge in [-0.25, -0.2) is 0 Å². The minimum absolute atomic E-state index is 0.0179. The zero-order chi connectivity index (χ0) is 11.2. The van der Waals surface area contributed by atoms with Gasteiger partial charge in [-0.05, 0) is 38.5 Å². The maximum Gasteiger partial charge on any atom is 0.158 e. The molecule has 0 aromatic rings. The second-order valence-corrected chi connectivity index (χ2v) is 4.56. The summed E-state index contributed by atoms with van der Waals surface area (Å²) < 4.78 is 16.6. The summed E-state index contributed by atoms with van der Waals surface area (Å²) in [6.07, 6.45) is 11.8. The smallest absolute Gasteiger partial charge is 0.158 e. The molecule has 2 aliphatic rings. The van der Waals surface area contributed by atoms with E-state index < -0.39 is 0 Å². The standard InChI is InChI=1S/C13H22O3/c1-14-13-7-4-6-12(16-13)9-8-11-5-2-3-10-15-11/h8-9,11-13H,2-7,10H2,1H3/t11?,12-,13-/m0/s1. The Kier molecular flexibility index (Phi) is 4.82. The lowest BCUT2D eigenvalue weighted by Gasteiger charge is -2.27. The van der Waals surface area contributed by atoms with Crippen molar-refractivity contribution in [2.24, 2.45) is 0 Å². The molecule has 0 spiro atoms. The molecular weight excluding hydrogens is 204 g/mol. The summed E-state index contributed by atoms with van der Waals surface area (Å²) in [6, 6.07) is 0. The summed E-state index contributed by atoms with van der Waals surface area (Å²) >= 11 is 0. The van der Waals surface area contributed by atoms with Crippen LogP contribution >= 0.6 is 0 Å². The molecule has 2 heterocycles. The molecule has 1 unspecified atom stereocenters. The summed E-state index contributed by atoms with van der Waals surface area (Å²) in [5.74, 6) is 0. The number of hydrogen-bond donors (Lipinski definition) is 0. The third-order valence-corrected chi connectivity index (χ3v) is 3.27. The topological polar surface area (TPSA) is 27.7 Å². The quantitative estimate of drug-likeness (QED) is 0.692. The predicted octanol–water partition coefficient (Wildman–Crippen LogP) is 2.65. The average molecular weight is 226 g/mol. The molecule has 0 N–H and O–H groups in total. The van der Waals surface area contributed by atoms with E-state index in [4.69, 9.17) is 14.2 Å². The fourth-order valence-electron chi connectivity index (χ4n) is 2.30. The molecule has 0 amide bonds. The van der Waals surface area contributed by atoms with Crippen molar-refractivity contribution in [2.75, 3.05) is 13.7 Å². The van der Waals surface area contributed by atoms with E-state index in [1.54, 1.807) is 7.11 Å². The van der Waals surface area contributed by atoms with Gasteiger partial charge in [-0.15, -0.1) is 0 Å². The normalized spacial score (nSPS) is 36.7. The van der Waals surface area contributed by atoms with Crippen molar-refractivity contribution < 1.29 is 14.2 Å². The second kappa shape index (κ2) is 6.38. The summed E-state index contributed by atoms with van der Waals surface area (Å²) in [7, 11) is 1.71. The van der Waals surface area contributed by atoms with Crippen molar-refractivity contribution in [3.8, 4) is 0 Å². The Bertz CT molecular complexity index is 221. The van der Waals surface area contributed by atoms with Crippen molar-refractivity contribution in [1.29, 1.82) is 0 Å². The van der Waals surface area contributed by atoms with Gasteiger partial charge in [0.15, 0.2) is 6.29 Å².